The van der Waals surface area contributed by atoms with Crippen molar-refractivity contribution in [2.75, 3.05) is 0 Å². The van der Waals surface area contributed by atoms with Crippen LogP contribution in [-0.2, 0) is 4.79 Å². The molecule has 2 aromatic carbocycles. The van der Waals surface area contributed by atoms with Gasteiger partial charge >= 0.3 is 0 Å². The molecular weight excluding hydrogens is 382 g/mol. The first-order chi connectivity index (χ1) is 12.1. The van der Waals surface area contributed by atoms with Gasteiger partial charge in [0.25, 0.3) is 0 Å². The molecule has 0 aliphatic carbocycles. The van der Waals surface area contributed by atoms with E-state index in [2.05, 4.69) is 31.4 Å². The van der Waals surface area contributed by atoms with E-state index in [0.717, 1.165) is 15.6 Å². The summed E-state index contributed by atoms with van der Waals surface area (Å²) in [6.45, 7) is 1.80. The van der Waals surface area contributed by atoms with Crippen LogP contribution in [0.15, 0.2) is 69.7 Å². The lowest BCUT2D eigenvalue weighted by molar-refractivity contribution is -0.117. The molecule has 0 spiro atoms. The molecule has 0 fully saturated rings. The Labute approximate surface area is 153 Å². The lowest BCUT2D eigenvalue weighted by Gasteiger charge is -2.06. The van der Waals surface area contributed by atoms with Crippen molar-refractivity contribution in [1.29, 1.82) is 0 Å². The van der Waals surface area contributed by atoms with E-state index in [1.165, 1.54) is 6.08 Å². The summed E-state index contributed by atoms with van der Waals surface area (Å²) in [5.41, 5.74) is 1.81. The first kappa shape index (κ1) is 17.1. The van der Waals surface area contributed by atoms with Crippen molar-refractivity contribution < 1.29 is 9.32 Å². The van der Waals surface area contributed by atoms with Crippen LogP contribution in [0.3, 0.4) is 0 Å². The standard InChI is InChI=1S/C19H16BrN3O2/c1-13(21-17(24)12-7-14-5-3-2-4-6-14)19-22-18(23-25-19)15-8-10-16(20)11-9-15/h2-13H,1H3,(H,21,24)/b12-7+. The van der Waals surface area contributed by atoms with Crippen molar-refractivity contribution in [3.05, 3.63) is 76.6 Å². The Hall–Kier alpha value is -2.73. The summed E-state index contributed by atoms with van der Waals surface area (Å²) in [5, 5.41) is 6.78. The van der Waals surface area contributed by atoms with Gasteiger partial charge in [-0.25, -0.2) is 0 Å². The van der Waals surface area contributed by atoms with Gasteiger partial charge in [0.05, 0.1) is 0 Å². The van der Waals surface area contributed by atoms with Crippen molar-refractivity contribution >= 4 is 27.9 Å². The van der Waals surface area contributed by atoms with Gasteiger partial charge in [-0.15, -0.1) is 0 Å². The molecule has 5 nitrogen and oxygen atoms in total. The molecule has 6 heteroatoms. The number of rotatable bonds is 5. The van der Waals surface area contributed by atoms with Crippen LogP contribution in [0, 0.1) is 0 Å². The van der Waals surface area contributed by atoms with E-state index in [1.54, 1.807) is 13.0 Å². The molecule has 126 valence electrons. The van der Waals surface area contributed by atoms with Gasteiger partial charge in [-0.3, -0.25) is 4.79 Å². The van der Waals surface area contributed by atoms with Crippen LogP contribution in [0.1, 0.15) is 24.4 Å². The highest BCUT2D eigenvalue weighted by Crippen LogP contribution is 2.20. The number of nitrogens with one attached hydrogen (secondary N) is 1. The summed E-state index contributed by atoms with van der Waals surface area (Å²) in [6, 6.07) is 16.8. The number of nitrogens with zero attached hydrogens (tertiary/aromatic N) is 2. The number of aromatic nitrogens is 2. The van der Waals surface area contributed by atoms with Gasteiger partial charge in [-0.2, -0.15) is 4.98 Å². The Morgan fingerprint density at radius 3 is 2.60 bits per heavy atom. The molecule has 0 aliphatic heterocycles. The van der Waals surface area contributed by atoms with Crippen LogP contribution in [0.25, 0.3) is 17.5 Å². The predicted molar refractivity (Wildman–Crippen MR) is 99.5 cm³/mol. The third kappa shape index (κ3) is 4.64. The molecule has 1 amide bonds. The highest BCUT2D eigenvalue weighted by Gasteiger charge is 2.16. The molecule has 1 aromatic heterocycles. The van der Waals surface area contributed by atoms with Crippen LogP contribution in [0.4, 0.5) is 0 Å². The topological polar surface area (TPSA) is 68.0 Å². The summed E-state index contributed by atoms with van der Waals surface area (Å²) in [4.78, 5) is 16.4. The minimum Gasteiger partial charge on any atom is -0.341 e. The molecule has 1 unspecified atom stereocenters. The molecule has 1 N–H and O–H groups in total. The van der Waals surface area contributed by atoms with E-state index in [-0.39, 0.29) is 11.9 Å². The van der Waals surface area contributed by atoms with Gasteiger partial charge in [-0.1, -0.05) is 51.4 Å². The number of carbonyl (C=O) groups excluding carboxylic acids is 1. The lowest BCUT2D eigenvalue weighted by atomic mass is 10.2. The maximum absolute atomic E-state index is 12.0. The van der Waals surface area contributed by atoms with Crippen molar-refractivity contribution in [2.45, 2.75) is 13.0 Å². The SMILES string of the molecule is CC(NC(=O)/C=C/c1ccccc1)c1nc(-c2ccc(Br)cc2)no1. The van der Waals surface area contributed by atoms with Crippen LogP contribution in [0.2, 0.25) is 0 Å². The van der Waals surface area contributed by atoms with E-state index in [9.17, 15) is 4.79 Å². The van der Waals surface area contributed by atoms with Crippen molar-refractivity contribution in [2.24, 2.45) is 0 Å². The molecular formula is C19H16BrN3O2. The normalized spacial score (nSPS) is 12.2. The van der Waals surface area contributed by atoms with E-state index in [1.807, 2.05) is 54.6 Å². The monoisotopic (exact) mass is 397 g/mol. The Bertz CT molecular complexity index is 873. The van der Waals surface area contributed by atoms with Gasteiger partial charge < -0.3 is 9.84 Å². The van der Waals surface area contributed by atoms with Crippen molar-refractivity contribution in [3.8, 4) is 11.4 Å². The fraction of sp³-hybridized carbons (Fsp3) is 0.105. The molecule has 0 saturated carbocycles. The van der Waals surface area contributed by atoms with E-state index in [0.29, 0.717) is 11.7 Å². The zero-order valence-corrected chi connectivity index (χ0v) is 15.1. The van der Waals surface area contributed by atoms with E-state index in [4.69, 9.17) is 4.52 Å². The van der Waals surface area contributed by atoms with E-state index < -0.39 is 0 Å². The van der Waals surface area contributed by atoms with Gasteiger partial charge in [-0.05, 0) is 42.8 Å². The first-order valence-corrected chi connectivity index (χ1v) is 8.54. The minimum absolute atomic E-state index is 0.222. The van der Waals surface area contributed by atoms with Gasteiger partial charge in [0.1, 0.15) is 6.04 Å². The fourth-order valence-corrected chi connectivity index (χ4v) is 2.45. The Balaban J connectivity index is 1.63. The van der Waals surface area contributed by atoms with Crippen LogP contribution >= 0.6 is 15.9 Å². The van der Waals surface area contributed by atoms with E-state index >= 15 is 0 Å². The van der Waals surface area contributed by atoms with Gasteiger partial charge in [0.2, 0.25) is 17.6 Å². The second-order valence-electron chi connectivity index (χ2n) is 5.44. The quantitative estimate of drug-likeness (QED) is 0.648. The molecule has 0 radical (unpaired) electrons. The summed E-state index contributed by atoms with van der Waals surface area (Å²) >= 11 is 3.39. The Kier molecular flexibility index (Phi) is 5.40. The average molecular weight is 398 g/mol. The number of amides is 1. The van der Waals surface area contributed by atoms with Crippen LogP contribution < -0.4 is 5.32 Å². The Morgan fingerprint density at radius 1 is 1.16 bits per heavy atom. The summed E-state index contributed by atoms with van der Waals surface area (Å²) in [6.07, 6.45) is 3.24. The number of carbonyl (C=O) groups is 1. The average Bonchev–Trinajstić information content (AvgIpc) is 3.12. The number of hydrogen-bond acceptors (Lipinski definition) is 4. The highest BCUT2D eigenvalue weighted by atomic mass is 79.9. The third-order valence-electron chi connectivity index (χ3n) is 3.50. The zero-order chi connectivity index (χ0) is 17.6. The van der Waals surface area contributed by atoms with Gasteiger partial charge in [0, 0.05) is 16.1 Å². The third-order valence-corrected chi connectivity index (χ3v) is 4.03. The fourth-order valence-electron chi connectivity index (χ4n) is 2.19. The number of benzene rings is 2. The minimum atomic E-state index is -0.385. The number of halogens is 1. The molecule has 25 heavy (non-hydrogen) atoms. The summed E-state index contributed by atoms with van der Waals surface area (Å²) in [7, 11) is 0. The zero-order valence-electron chi connectivity index (χ0n) is 13.5. The molecule has 0 bridgehead atoms. The largest absolute Gasteiger partial charge is 0.341 e. The first-order valence-electron chi connectivity index (χ1n) is 7.75. The van der Waals surface area contributed by atoms with Crippen LogP contribution in [-0.4, -0.2) is 16.0 Å². The van der Waals surface area contributed by atoms with Crippen molar-refractivity contribution in [3.63, 3.8) is 0 Å². The molecule has 3 aromatic rings. The number of hydrogen-bond donors (Lipinski definition) is 1. The smallest absolute Gasteiger partial charge is 0.249 e. The maximum atomic E-state index is 12.0. The van der Waals surface area contributed by atoms with Crippen molar-refractivity contribution in [1.82, 2.24) is 15.5 Å². The second kappa shape index (κ2) is 7.90. The molecule has 1 heterocycles. The van der Waals surface area contributed by atoms with Crippen LogP contribution in [0.5, 0.6) is 0 Å². The molecule has 3 rings (SSSR count). The van der Waals surface area contributed by atoms with Gasteiger partial charge in [0.15, 0.2) is 0 Å². The maximum Gasteiger partial charge on any atom is 0.249 e. The highest BCUT2D eigenvalue weighted by molar-refractivity contribution is 9.10. The lowest BCUT2D eigenvalue weighted by Crippen LogP contribution is -2.24. The predicted octanol–water partition coefficient (Wildman–Crippen LogP) is 4.39. The summed E-state index contributed by atoms with van der Waals surface area (Å²) < 4.78 is 6.24. The molecule has 0 saturated heterocycles. The molecule has 1 atom stereocenters. The summed E-state index contributed by atoms with van der Waals surface area (Å²) in [5.74, 6) is 0.627. The molecule has 0 aliphatic rings. The Morgan fingerprint density at radius 2 is 1.88 bits per heavy atom. The second-order valence-corrected chi connectivity index (χ2v) is 6.35.